The van der Waals surface area contributed by atoms with Crippen molar-refractivity contribution in [3.8, 4) is 33.4 Å². The molecular weight excluding hydrogens is 681 g/mol. The van der Waals surface area contributed by atoms with Gasteiger partial charge in [0, 0.05) is 30.9 Å². The molecule has 0 spiro atoms. The molecule has 254 valence electrons. The fourth-order valence-electron chi connectivity index (χ4n) is 9.44. The zero-order valence-corrected chi connectivity index (χ0v) is 30.7. The third kappa shape index (κ3) is 4.45. The van der Waals surface area contributed by atoms with Crippen LogP contribution >= 0.6 is 11.3 Å². The van der Waals surface area contributed by atoms with E-state index in [1.165, 1.54) is 118 Å². The first kappa shape index (κ1) is 30.6. The Morgan fingerprint density at radius 1 is 0.218 bits per heavy atom. The highest BCUT2D eigenvalue weighted by molar-refractivity contribution is 7.28. The Morgan fingerprint density at radius 3 is 1.09 bits per heavy atom. The highest BCUT2D eigenvalue weighted by Gasteiger charge is 2.20. The van der Waals surface area contributed by atoms with Gasteiger partial charge in [-0.2, -0.15) is 0 Å². The van der Waals surface area contributed by atoms with E-state index in [0.29, 0.717) is 0 Å². The molecule has 1 aromatic heterocycles. The summed E-state index contributed by atoms with van der Waals surface area (Å²) in [6, 6.07) is 71.9. The van der Waals surface area contributed by atoms with Crippen molar-refractivity contribution in [3.05, 3.63) is 194 Å². The lowest BCUT2D eigenvalue weighted by molar-refractivity contribution is 1.63. The molecular formula is C54H32S. The Kier molecular flexibility index (Phi) is 6.60. The van der Waals surface area contributed by atoms with Gasteiger partial charge in [0.05, 0.1) is 0 Å². The lowest BCUT2D eigenvalue weighted by atomic mass is 9.85. The zero-order valence-electron chi connectivity index (χ0n) is 29.9. The van der Waals surface area contributed by atoms with Gasteiger partial charge in [-0.15, -0.1) is 11.3 Å². The average molecular weight is 713 g/mol. The van der Waals surface area contributed by atoms with Crippen LogP contribution in [0.25, 0.3) is 118 Å². The van der Waals surface area contributed by atoms with Crippen LogP contribution in [-0.2, 0) is 0 Å². The summed E-state index contributed by atoms with van der Waals surface area (Å²) < 4.78 is 2.74. The van der Waals surface area contributed by atoms with Crippen molar-refractivity contribution in [2.75, 3.05) is 0 Å². The molecule has 12 rings (SSSR count). The van der Waals surface area contributed by atoms with Gasteiger partial charge in [-0.1, -0.05) is 188 Å². The fraction of sp³-hybridized carbons (Fsp3) is 0. The fourth-order valence-corrected chi connectivity index (χ4v) is 10.8. The van der Waals surface area contributed by atoms with E-state index < -0.39 is 0 Å². The number of benzene rings is 11. The molecule has 0 nitrogen and oxygen atoms in total. The maximum atomic E-state index is 2.42. The smallest absolute Gasteiger partial charge is 0.0440 e. The molecule has 0 fully saturated rings. The van der Waals surface area contributed by atoms with Crippen LogP contribution in [0.3, 0.4) is 0 Å². The quantitative estimate of drug-likeness (QED) is 0.126. The van der Waals surface area contributed by atoms with Gasteiger partial charge in [-0.25, -0.2) is 0 Å². The van der Waals surface area contributed by atoms with Crippen molar-refractivity contribution < 1.29 is 0 Å². The van der Waals surface area contributed by atoms with Crippen molar-refractivity contribution in [3.63, 3.8) is 0 Å². The SMILES string of the molecule is c1ccc(-c2c3ccccc3c(-c3ccc(-c4ccc5c(c4)c4ccccc4c4c5sc5c6ccccc6c6ccccc6c54)cc3)c3ccccc23)cc1. The monoisotopic (exact) mass is 712 g/mol. The van der Waals surface area contributed by atoms with Gasteiger partial charge in [0.1, 0.15) is 0 Å². The lowest BCUT2D eigenvalue weighted by Gasteiger charge is -2.18. The number of fused-ring (bicyclic) bond motifs is 15. The molecule has 0 saturated carbocycles. The van der Waals surface area contributed by atoms with Crippen LogP contribution in [0.2, 0.25) is 0 Å². The van der Waals surface area contributed by atoms with Crippen LogP contribution in [0.1, 0.15) is 0 Å². The predicted octanol–water partition coefficient (Wildman–Crippen LogP) is 16.0. The number of hydrogen-bond acceptors (Lipinski definition) is 1. The minimum absolute atomic E-state index is 1.22. The third-order valence-corrected chi connectivity index (χ3v) is 13.1. The summed E-state index contributed by atoms with van der Waals surface area (Å²) in [7, 11) is 0. The van der Waals surface area contributed by atoms with Crippen LogP contribution in [0, 0.1) is 0 Å². The predicted molar refractivity (Wildman–Crippen MR) is 241 cm³/mol. The second kappa shape index (κ2) is 11.9. The molecule has 1 heterocycles. The van der Waals surface area contributed by atoms with Crippen molar-refractivity contribution >= 4 is 96.1 Å². The zero-order chi connectivity index (χ0) is 36.0. The van der Waals surface area contributed by atoms with Crippen LogP contribution in [-0.4, -0.2) is 0 Å². The minimum Gasteiger partial charge on any atom is -0.134 e. The first-order chi connectivity index (χ1) is 27.3. The van der Waals surface area contributed by atoms with Gasteiger partial charge in [0.2, 0.25) is 0 Å². The van der Waals surface area contributed by atoms with Crippen molar-refractivity contribution in [2.45, 2.75) is 0 Å². The normalized spacial score (nSPS) is 12.0. The molecule has 55 heavy (non-hydrogen) atoms. The van der Waals surface area contributed by atoms with Crippen LogP contribution in [0.15, 0.2) is 194 Å². The molecule has 0 atom stereocenters. The van der Waals surface area contributed by atoms with Gasteiger partial charge >= 0.3 is 0 Å². The summed E-state index contributed by atoms with van der Waals surface area (Å²) in [5, 5.41) is 18.4. The van der Waals surface area contributed by atoms with Crippen LogP contribution in [0.4, 0.5) is 0 Å². The number of thiophene rings is 1. The second-order valence-corrected chi connectivity index (χ2v) is 15.7. The Morgan fingerprint density at radius 2 is 0.564 bits per heavy atom. The Balaban J connectivity index is 1.06. The summed E-state index contributed by atoms with van der Waals surface area (Å²) in [6.07, 6.45) is 0. The Labute approximate surface area is 322 Å². The van der Waals surface area contributed by atoms with Crippen molar-refractivity contribution in [1.29, 1.82) is 0 Å². The van der Waals surface area contributed by atoms with E-state index in [1.54, 1.807) is 0 Å². The first-order valence-corrected chi connectivity index (χ1v) is 19.8. The van der Waals surface area contributed by atoms with Crippen LogP contribution < -0.4 is 0 Å². The molecule has 1 heteroatoms. The van der Waals surface area contributed by atoms with Gasteiger partial charge in [0.15, 0.2) is 0 Å². The molecule has 12 aromatic rings. The topological polar surface area (TPSA) is 0 Å². The Hall–Kier alpha value is -6.80. The summed E-state index contributed by atoms with van der Waals surface area (Å²) in [5.41, 5.74) is 7.51. The van der Waals surface area contributed by atoms with E-state index >= 15 is 0 Å². The minimum atomic E-state index is 1.22. The average Bonchev–Trinajstić information content (AvgIpc) is 3.68. The maximum Gasteiger partial charge on any atom is 0.0440 e. The molecule has 0 bridgehead atoms. The standard InChI is InChI=1S/C54H32S/c1-2-14-34(15-3-1)49-42-21-9-11-23-44(42)50(45-24-12-10-22-43(45)49)35-28-26-33(27-29-35)36-30-31-47-48(32-36)39-18-5-8-20-41(39)52-51-40-19-7-4-16-37(40)38-17-6-13-25-46(38)53(51)55-54(47)52/h1-32H. The van der Waals surface area contributed by atoms with E-state index in [2.05, 4.69) is 194 Å². The lowest BCUT2D eigenvalue weighted by Crippen LogP contribution is -1.90. The molecule has 0 saturated heterocycles. The van der Waals surface area contributed by atoms with Gasteiger partial charge in [-0.3, -0.25) is 0 Å². The number of hydrogen-bond donors (Lipinski definition) is 0. The highest BCUT2D eigenvalue weighted by Crippen LogP contribution is 2.50. The largest absolute Gasteiger partial charge is 0.134 e. The van der Waals surface area contributed by atoms with Gasteiger partial charge < -0.3 is 0 Å². The Bertz CT molecular complexity index is 3460. The third-order valence-electron chi connectivity index (χ3n) is 11.8. The van der Waals surface area contributed by atoms with Gasteiger partial charge in [-0.05, 0) is 93.3 Å². The molecule has 0 radical (unpaired) electrons. The molecule has 11 aromatic carbocycles. The van der Waals surface area contributed by atoms with E-state index in [-0.39, 0.29) is 0 Å². The molecule has 0 aliphatic heterocycles. The van der Waals surface area contributed by atoms with Gasteiger partial charge in [0.25, 0.3) is 0 Å². The summed E-state index contributed by atoms with van der Waals surface area (Å²) in [5.74, 6) is 0. The van der Waals surface area contributed by atoms with E-state index in [9.17, 15) is 0 Å². The van der Waals surface area contributed by atoms with Crippen molar-refractivity contribution in [2.24, 2.45) is 0 Å². The van der Waals surface area contributed by atoms with Crippen LogP contribution in [0.5, 0.6) is 0 Å². The van der Waals surface area contributed by atoms with E-state index in [1.807, 2.05) is 11.3 Å². The van der Waals surface area contributed by atoms with E-state index in [0.717, 1.165) is 0 Å². The first-order valence-electron chi connectivity index (χ1n) is 19.0. The molecule has 0 aliphatic rings. The maximum absolute atomic E-state index is 2.42. The molecule has 0 aliphatic carbocycles. The number of rotatable bonds is 3. The summed E-state index contributed by atoms with van der Waals surface area (Å²) in [6.45, 7) is 0. The molecule has 0 amide bonds. The van der Waals surface area contributed by atoms with Crippen molar-refractivity contribution in [1.82, 2.24) is 0 Å². The molecule has 0 N–H and O–H groups in total. The summed E-state index contributed by atoms with van der Waals surface area (Å²) >= 11 is 1.95. The second-order valence-electron chi connectivity index (χ2n) is 14.7. The van der Waals surface area contributed by atoms with E-state index in [4.69, 9.17) is 0 Å². The summed E-state index contributed by atoms with van der Waals surface area (Å²) in [4.78, 5) is 0. The molecule has 0 unspecified atom stereocenters. The highest BCUT2D eigenvalue weighted by atomic mass is 32.1.